The van der Waals surface area contributed by atoms with Crippen molar-refractivity contribution in [2.75, 3.05) is 0 Å². The predicted octanol–water partition coefficient (Wildman–Crippen LogP) is 10.4. The molecule has 0 aliphatic heterocycles. The molecular formula is C42H28N4. The summed E-state index contributed by atoms with van der Waals surface area (Å²) in [5.41, 5.74) is 9.59. The third-order valence-electron chi connectivity index (χ3n) is 8.21. The molecule has 0 atom stereocenters. The normalized spacial score (nSPS) is 11.0. The predicted molar refractivity (Wildman–Crippen MR) is 188 cm³/mol. The summed E-state index contributed by atoms with van der Waals surface area (Å²) < 4.78 is 0. The SMILES string of the molecule is c1ccc(-c2nc(-c3ccccc3)nc(-c3ccc(-c4cccc5cccc(-c6ccc(-c7ccccn7)cc6)c45)cc3)n2)cc1. The summed E-state index contributed by atoms with van der Waals surface area (Å²) in [6.45, 7) is 0. The summed E-state index contributed by atoms with van der Waals surface area (Å²) in [7, 11) is 0. The Labute approximate surface area is 267 Å². The van der Waals surface area contributed by atoms with Crippen molar-refractivity contribution in [1.29, 1.82) is 0 Å². The third kappa shape index (κ3) is 5.33. The van der Waals surface area contributed by atoms with Crippen LogP contribution in [-0.2, 0) is 0 Å². The van der Waals surface area contributed by atoms with E-state index in [4.69, 9.17) is 15.0 Å². The fraction of sp³-hybridized carbons (Fsp3) is 0. The van der Waals surface area contributed by atoms with Crippen LogP contribution in [0, 0.1) is 0 Å². The second-order valence-electron chi connectivity index (χ2n) is 11.1. The fourth-order valence-electron chi connectivity index (χ4n) is 5.91. The molecule has 0 saturated carbocycles. The van der Waals surface area contributed by atoms with Crippen molar-refractivity contribution in [3.63, 3.8) is 0 Å². The highest BCUT2D eigenvalue weighted by Crippen LogP contribution is 2.37. The molecule has 4 nitrogen and oxygen atoms in total. The van der Waals surface area contributed by atoms with E-state index in [1.807, 2.05) is 85.1 Å². The molecule has 2 aromatic heterocycles. The van der Waals surface area contributed by atoms with Crippen LogP contribution in [0.1, 0.15) is 0 Å². The quantitative estimate of drug-likeness (QED) is 0.194. The lowest BCUT2D eigenvalue weighted by Crippen LogP contribution is -2.00. The van der Waals surface area contributed by atoms with Crippen molar-refractivity contribution in [2.24, 2.45) is 0 Å². The van der Waals surface area contributed by atoms with Gasteiger partial charge in [-0.15, -0.1) is 0 Å². The Kier molecular flexibility index (Phi) is 7.14. The monoisotopic (exact) mass is 588 g/mol. The second kappa shape index (κ2) is 12.0. The van der Waals surface area contributed by atoms with Gasteiger partial charge in [-0.1, -0.05) is 152 Å². The van der Waals surface area contributed by atoms with Crippen LogP contribution in [0.3, 0.4) is 0 Å². The van der Waals surface area contributed by atoms with Crippen LogP contribution in [0.5, 0.6) is 0 Å². The largest absolute Gasteiger partial charge is 0.256 e. The van der Waals surface area contributed by atoms with Crippen molar-refractivity contribution in [3.05, 3.63) is 170 Å². The first-order chi connectivity index (χ1) is 22.8. The van der Waals surface area contributed by atoms with E-state index in [9.17, 15) is 0 Å². The molecule has 0 bridgehead atoms. The maximum absolute atomic E-state index is 4.91. The van der Waals surface area contributed by atoms with Gasteiger partial charge in [-0.25, -0.2) is 15.0 Å². The van der Waals surface area contributed by atoms with E-state index in [1.165, 1.54) is 27.5 Å². The number of rotatable bonds is 6. The first-order valence-electron chi connectivity index (χ1n) is 15.3. The smallest absolute Gasteiger partial charge is 0.164 e. The highest BCUT2D eigenvalue weighted by molar-refractivity contribution is 6.06. The highest BCUT2D eigenvalue weighted by atomic mass is 15.0. The molecule has 0 saturated heterocycles. The van der Waals surface area contributed by atoms with E-state index in [0.717, 1.165) is 33.5 Å². The lowest BCUT2D eigenvalue weighted by Gasteiger charge is -2.14. The van der Waals surface area contributed by atoms with Gasteiger partial charge in [-0.2, -0.15) is 0 Å². The van der Waals surface area contributed by atoms with E-state index in [1.54, 1.807) is 0 Å². The van der Waals surface area contributed by atoms with E-state index in [0.29, 0.717) is 17.5 Å². The topological polar surface area (TPSA) is 51.6 Å². The summed E-state index contributed by atoms with van der Waals surface area (Å²) in [5.74, 6) is 1.95. The number of fused-ring (bicyclic) bond motifs is 1. The zero-order valence-electron chi connectivity index (χ0n) is 25.0. The molecule has 8 rings (SSSR count). The Morgan fingerprint density at radius 1 is 0.304 bits per heavy atom. The van der Waals surface area contributed by atoms with Gasteiger partial charge in [0.15, 0.2) is 17.5 Å². The second-order valence-corrected chi connectivity index (χ2v) is 11.1. The van der Waals surface area contributed by atoms with E-state index >= 15 is 0 Å². The van der Waals surface area contributed by atoms with Gasteiger partial charge in [0.05, 0.1) is 5.69 Å². The molecule has 8 aromatic rings. The number of hydrogen-bond acceptors (Lipinski definition) is 4. The highest BCUT2D eigenvalue weighted by Gasteiger charge is 2.14. The third-order valence-corrected chi connectivity index (χ3v) is 8.21. The van der Waals surface area contributed by atoms with Crippen LogP contribution in [0.15, 0.2) is 170 Å². The van der Waals surface area contributed by atoms with Crippen LogP contribution in [0.25, 0.3) is 78.4 Å². The molecule has 6 aromatic carbocycles. The number of nitrogens with zero attached hydrogens (tertiary/aromatic N) is 4. The standard InChI is InChI=1S/C42H28N4/c1-3-11-33(12-4-1)40-44-41(34-13-5-2-6-14-34)46-42(45-40)35-26-22-30(23-27-35)37-18-10-16-32-15-9-17-36(39(32)37)29-20-24-31(25-21-29)38-19-7-8-28-43-38/h1-28H. The average Bonchev–Trinajstić information content (AvgIpc) is 3.15. The van der Waals surface area contributed by atoms with Crippen molar-refractivity contribution < 1.29 is 0 Å². The maximum atomic E-state index is 4.91. The van der Waals surface area contributed by atoms with Crippen LogP contribution in [0.2, 0.25) is 0 Å². The average molecular weight is 589 g/mol. The minimum Gasteiger partial charge on any atom is -0.256 e. The molecule has 0 spiro atoms. The maximum Gasteiger partial charge on any atom is 0.164 e. The first-order valence-corrected chi connectivity index (χ1v) is 15.3. The molecule has 0 amide bonds. The van der Waals surface area contributed by atoms with Crippen molar-refractivity contribution in [3.8, 4) is 67.7 Å². The minimum absolute atomic E-state index is 0.644. The van der Waals surface area contributed by atoms with Gasteiger partial charge < -0.3 is 0 Å². The van der Waals surface area contributed by atoms with Gasteiger partial charge in [0, 0.05) is 28.5 Å². The Balaban J connectivity index is 1.19. The van der Waals surface area contributed by atoms with Gasteiger partial charge in [-0.05, 0) is 45.2 Å². The Bertz CT molecular complexity index is 2200. The summed E-state index contributed by atoms with van der Waals surface area (Å²) in [6.07, 6.45) is 1.83. The van der Waals surface area contributed by atoms with Crippen molar-refractivity contribution in [1.82, 2.24) is 19.9 Å². The Hall–Kier alpha value is -6.26. The van der Waals surface area contributed by atoms with Gasteiger partial charge in [0.2, 0.25) is 0 Å². The fourth-order valence-corrected chi connectivity index (χ4v) is 5.91. The number of hydrogen-bond donors (Lipinski definition) is 0. The Morgan fingerprint density at radius 3 is 1.22 bits per heavy atom. The van der Waals surface area contributed by atoms with Gasteiger partial charge in [-0.3, -0.25) is 4.98 Å². The van der Waals surface area contributed by atoms with Gasteiger partial charge in [0.1, 0.15) is 0 Å². The van der Waals surface area contributed by atoms with Gasteiger partial charge in [0.25, 0.3) is 0 Å². The van der Waals surface area contributed by atoms with Crippen molar-refractivity contribution >= 4 is 10.8 Å². The summed E-state index contributed by atoms with van der Waals surface area (Å²) >= 11 is 0. The molecular weight excluding hydrogens is 560 g/mol. The van der Waals surface area contributed by atoms with E-state index < -0.39 is 0 Å². The molecule has 0 aliphatic carbocycles. The molecule has 0 N–H and O–H groups in total. The van der Waals surface area contributed by atoms with Crippen LogP contribution >= 0.6 is 0 Å². The Morgan fingerprint density at radius 2 is 0.739 bits per heavy atom. The van der Waals surface area contributed by atoms with Crippen LogP contribution in [-0.4, -0.2) is 19.9 Å². The zero-order chi connectivity index (χ0) is 30.7. The zero-order valence-corrected chi connectivity index (χ0v) is 25.0. The lowest BCUT2D eigenvalue weighted by atomic mass is 9.91. The summed E-state index contributed by atoms with van der Waals surface area (Å²) in [5, 5.41) is 2.42. The molecule has 0 unspecified atom stereocenters. The molecule has 216 valence electrons. The molecule has 0 aliphatic rings. The summed E-state index contributed by atoms with van der Waals surface area (Å²) in [4.78, 5) is 19.2. The molecule has 2 heterocycles. The molecule has 46 heavy (non-hydrogen) atoms. The molecule has 4 heteroatoms. The minimum atomic E-state index is 0.644. The summed E-state index contributed by atoms with van der Waals surface area (Å²) in [6, 6.07) is 56.4. The van der Waals surface area contributed by atoms with E-state index in [-0.39, 0.29) is 0 Å². The van der Waals surface area contributed by atoms with Crippen LogP contribution in [0.4, 0.5) is 0 Å². The van der Waals surface area contributed by atoms with Crippen molar-refractivity contribution in [2.45, 2.75) is 0 Å². The van der Waals surface area contributed by atoms with Crippen LogP contribution < -0.4 is 0 Å². The molecule has 0 radical (unpaired) electrons. The number of aromatic nitrogens is 4. The number of benzene rings is 6. The number of pyridine rings is 1. The molecule has 0 fully saturated rings. The van der Waals surface area contributed by atoms with E-state index in [2.05, 4.69) is 89.9 Å². The first kappa shape index (κ1) is 27.3. The lowest BCUT2D eigenvalue weighted by molar-refractivity contribution is 1.07. The van der Waals surface area contributed by atoms with Gasteiger partial charge >= 0.3 is 0 Å².